The van der Waals surface area contributed by atoms with Crippen LogP contribution in [0, 0.1) is 28.6 Å². The summed E-state index contributed by atoms with van der Waals surface area (Å²) in [6.45, 7) is 7.49. The highest BCUT2D eigenvalue weighted by Crippen LogP contribution is 2.63. The average molecular weight is 641 g/mol. The van der Waals surface area contributed by atoms with E-state index in [-0.39, 0.29) is 54.3 Å². The normalized spacial score (nSPS) is 31.5. The van der Waals surface area contributed by atoms with Crippen LogP contribution < -0.4 is 11.1 Å². The van der Waals surface area contributed by atoms with Crippen LogP contribution in [0.15, 0.2) is 57.6 Å². The Morgan fingerprint density at radius 1 is 1.18 bits per heavy atom. The highest BCUT2D eigenvalue weighted by atomic mass is 35.5. The first-order valence-electron chi connectivity index (χ1n) is 15.5. The van der Waals surface area contributed by atoms with Crippen molar-refractivity contribution in [1.82, 2.24) is 9.36 Å². The maximum Gasteiger partial charge on any atom is 0.321 e. The number of ether oxygens (including phenoxy) is 2. The summed E-state index contributed by atoms with van der Waals surface area (Å²) in [6.07, 6.45) is 1.37. The van der Waals surface area contributed by atoms with Gasteiger partial charge in [-0.05, 0) is 54.6 Å². The number of halogens is 1. The van der Waals surface area contributed by atoms with E-state index in [0.29, 0.717) is 36.7 Å². The van der Waals surface area contributed by atoms with Crippen LogP contribution in [0.5, 0.6) is 0 Å². The standard InChI is InChI=1S/C34H41ClN2O8/c1-20-10-12-34(16-25(19-38)44-22(3)39)21(2)26(14-28(45-30(41)17-35)33(20,4)32(34)43)24-11-13-36-29(40)15-27(31(42)37(36)18-24)23-8-6-5-7-9-23/h5-9,11,15,19-21,25-26,28,32,43H,10,12-14,16-18H2,1-4H3/t20?,21-,25-,26+,28+,32+,33-,34-/m0/s1. The van der Waals surface area contributed by atoms with Crippen molar-refractivity contribution in [1.29, 1.82) is 0 Å². The highest BCUT2D eigenvalue weighted by Gasteiger charge is 2.64. The van der Waals surface area contributed by atoms with Crippen molar-refractivity contribution in [2.45, 2.75) is 84.8 Å². The molecule has 11 heteroatoms. The Kier molecular flexibility index (Phi) is 9.29. The molecule has 2 aliphatic carbocycles. The van der Waals surface area contributed by atoms with Crippen LogP contribution in [0.2, 0.25) is 0 Å². The molecule has 2 fully saturated rings. The van der Waals surface area contributed by atoms with Gasteiger partial charge in [0, 0.05) is 23.8 Å². The SMILES string of the molecule is CC(=O)O[C@H](C=O)C[C@@]12CCC(C)[C@@](C)([C@H](OC(=O)CCl)C[C@@H](C3=CCn4c(=O)cc(-c5ccccc5)c(=O)n4C3)[C@@H]1C)[C@H]2O. The number of alkyl halides is 1. The second-order valence-electron chi connectivity index (χ2n) is 13.2. The zero-order chi connectivity index (χ0) is 32.7. The molecule has 3 aliphatic rings. The molecule has 2 aromatic rings. The Morgan fingerprint density at radius 2 is 1.89 bits per heavy atom. The summed E-state index contributed by atoms with van der Waals surface area (Å²) in [5.74, 6) is -2.22. The molecule has 1 aromatic heterocycles. The maximum absolute atomic E-state index is 13.8. The smallest absolute Gasteiger partial charge is 0.321 e. The third-order valence-corrected chi connectivity index (χ3v) is 11.3. The lowest BCUT2D eigenvalue weighted by atomic mass is 9.51. The number of rotatable bonds is 8. The monoisotopic (exact) mass is 640 g/mol. The Bertz CT molecular complexity index is 1620. The van der Waals surface area contributed by atoms with Gasteiger partial charge in [-0.25, -0.2) is 9.36 Å². The van der Waals surface area contributed by atoms with Gasteiger partial charge in [-0.1, -0.05) is 57.2 Å². The number of aromatic nitrogens is 2. The van der Waals surface area contributed by atoms with Crippen LogP contribution in [-0.2, 0) is 36.9 Å². The molecule has 1 aromatic carbocycles. The number of aldehydes is 1. The van der Waals surface area contributed by atoms with E-state index in [1.54, 1.807) is 12.1 Å². The van der Waals surface area contributed by atoms with Crippen molar-refractivity contribution in [3.05, 3.63) is 68.8 Å². The van der Waals surface area contributed by atoms with Gasteiger partial charge in [0.1, 0.15) is 12.0 Å². The van der Waals surface area contributed by atoms with Crippen molar-refractivity contribution in [3.8, 4) is 11.1 Å². The number of carbonyl (C=O) groups excluding carboxylic acids is 3. The van der Waals surface area contributed by atoms with E-state index in [1.807, 2.05) is 45.0 Å². The minimum atomic E-state index is -1.07. The fraction of sp³-hybridized carbons (Fsp3) is 0.559. The second-order valence-corrected chi connectivity index (χ2v) is 13.4. The minimum Gasteiger partial charge on any atom is -0.461 e. The molecule has 8 atom stereocenters. The number of benzene rings is 1. The molecule has 2 heterocycles. The molecule has 45 heavy (non-hydrogen) atoms. The van der Waals surface area contributed by atoms with Crippen molar-refractivity contribution in [3.63, 3.8) is 0 Å². The van der Waals surface area contributed by atoms with Gasteiger partial charge in [-0.15, -0.1) is 11.6 Å². The Morgan fingerprint density at radius 3 is 2.53 bits per heavy atom. The lowest BCUT2D eigenvalue weighted by Gasteiger charge is -2.57. The van der Waals surface area contributed by atoms with Gasteiger partial charge >= 0.3 is 11.9 Å². The van der Waals surface area contributed by atoms with Gasteiger partial charge < -0.3 is 14.6 Å². The molecule has 5 rings (SSSR count). The quantitative estimate of drug-likeness (QED) is 0.200. The Labute approximate surface area is 266 Å². The number of esters is 2. The second kappa shape index (κ2) is 12.7. The summed E-state index contributed by atoms with van der Waals surface area (Å²) in [4.78, 5) is 63.8. The summed E-state index contributed by atoms with van der Waals surface area (Å²) in [6, 6.07) is 10.4. The fourth-order valence-corrected chi connectivity index (χ4v) is 8.39. The zero-order valence-corrected chi connectivity index (χ0v) is 26.9. The molecular weight excluding hydrogens is 600 g/mol. The van der Waals surface area contributed by atoms with Gasteiger partial charge in [-0.3, -0.25) is 24.0 Å². The predicted molar refractivity (Wildman–Crippen MR) is 168 cm³/mol. The van der Waals surface area contributed by atoms with Crippen LogP contribution in [0.3, 0.4) is 0 Å². The van der Waals surface area contributed by atoms with Crippen molar-refractivity contribution in [2.24, 2.45) is 28.6 Å². The number of hydrogen-bond donors (Lipinski definition) is 1. The first kappa shape index (κ1) is 32.9. The van der Waals surface area contributed by atoms with E-state index in [0.717, 1.165) is 5.57 Å². The molecule has 1 aliphatic heterocycles. The van der Waals surface area contributed by atoms with Gasteiger partial charge in [0.05, 0.1) is 24.8 Å². The molecule has 2 saturated carbocycles. The molecule has 10 nitrogen and oxygen atoms in total. The molecule has 0 amide bonds. The number of allylic oxidation sites excluding steroid dienone is 2. The molecule has 0 spiro atoms. The van der Waals surface area contributed by atoms with Crippen molar-refractivity contribution >= 4 is 29.8 Å². The summed E-state index contributed by atoms with van der Waals surface area (Å²) in [5, 5.41) is 12.4. The predicted octanol–water partition coefficient (Wildman–Crippen LogP) is 3.73. The van der Waals surface area contributed by atoms with Gasteiger partial charge in [-0.2, -0.15) is 0 Å². The number of carbonyl (C=O) groups is 3. The van der Waals surface area contributed by atoms with E-state index in [9.17, 15) is 29.1 Å². The van der Waals surface area contributed by atoms with Crippen LogP contribution in [0.4, 0.5) is 0 Å². The number of hydrogen-bond acceptors (Lipinski definition) is 8. The maximum atomic E-state index is 13.8. The molecular formula is C34H41ClN2O8. The number of nitrogens with zero attached hydrogens (tertiary/aromatic N) is 2. The van der Waals surface area contributed by atoms with E-state index >= 15 is 0 Å². The fourth-order valence-electron chi connectivity index (χ4n) is 8.33. The lowest BCUT2D eigenvalue weighted by molar-refractivity contribution is -0.199. The third kappa shape index (κ3) is 5.71. The third-order valence-electron chi connectivity index (χ3n) is 11.0. The van der Waals surface area contributed by atoms with Gasteiger partial charge in [0.2, 0.25) is 0 Å². The van der Waals surface area contributed by atoms with E-state index < -0.39 is 41.1 Å². The summed E-state index contributed by atoms with van der Waals surface area (Å²) >= 11 is 5.89. The number of aliphatic hydroxyl groups excluding tert-OH is 1. The summed E-state index contributed by atoms with van der Waals surface area (Å²) in [7, 11) is 0. The number of aliphatic hydroxyl groups is 1. The molecule has 0 radical (unpaired) electrons. The molecule has 1 N–H and O–H groups in total. The Balaban J connectivity index is 1.63. The number of fused-ring (bicyclic) bond motifs is 3. The van der Waals surface area contributed by atoms with Gasteiger partial charge in [0.15, 0.2) is 12.4 Å². The first-order valence-corrected chi connectivity index (χ1v) is 16.1. The molecule has 2 bridgehead atoms. The van der Waals surface area contributed by atoms with Crippen LogP contribution in [-0.4, -0.2) is 56.9 Å². The van der Waals surface area contributed by atoms with Crippen LogP contribution in [0.25, 0.3) is 11.1 Å². The molecule has 242 valence electrons. The minimum absolute atomic E-state index is 0.0567. The summed E-state index contributed by atoms with van der Waals surface area (Å²) in [5.41, 5.74) is -0.594. The average Bonchev–Trinajstić information content (AvgIpc) is 3.07. The van der Waals surface area contributed by atoms with E-state index in [4.69, 9.17) is 21.1 Å². The topological polar surface area (TPSA) is 134 Å². The van der Waals surface area contributed by atoms with Crippen LogP contribution in [0.1, 0.15) is 53.4 Å². The zero-order valence-electron chi connectivity index (χ0n) is 26.1. The van der Waals surface area contributed by atoms with Gasteiger partial charge in [0.25, 0.3) is 11.1 Å². The first-order chi connectivity index (χ1) is 21.4. The largest absolute Gasteiger partial charge is 0.461 e. The molecule has 1 unspecified atom stereocenters. The van der Waals surface area contributed by atoms with E-state index in [1.165, 1.54) is 22.4 Å². The lowest BCUT2D eigenvalue weighted by Crippen LogP contribution is -2.60. The van der Waals surface area contributed by atoms with Crippen LogP contribution >= 0.6 is 11.6 Å². The highest BCUT2D eigenvalue weighted by molar-refractivity contribution is 6.26. The van der Waals surface area contributed by atoms with E-state index in [2.05, 4.69) is 0 Å². The van der Waals surface area contributed by atoms with Crippen molar-refractivity contribution in [2.75, 3.05) is 5.88 Å². The summed E-state index contributed by atoms with van der Waals surface area (Å²) < 4.78 is 14.3. The molecule has 0 saturated heterocycles. The van der Waals surface area contributed by atoms with Crippen molar-refractivity contribution < 1.29 is 29.0 Å². The Hall–Kier alpha value is -3.50.